The van der Waals surface area contributed by atoms with Crippen LogP contribution in [0.2, 0.25) is 0 Å². The first-order valence-electron chi connectivity index (χ1n) is 9.64. The van der Waals surface area contributed by atoms with Crippen LogP contribution in [0.1, 0.15) is 26.3 Å². The summed E-state index contributed by atoms with van der Waals surface area (Å²) in [7, 11) is 0. The molecule has 3 rings (SSSR count). The van der Waals surface area contributed by atoms with Gasteiger partial charge in [-0.05, 0) is 38.5 Å². The van der Waals surface area contributed by atoms with Crippen molar-refractivity contribution < 1.29 is 28.5 Å². The zero-order valence-corrected chi connectivity index (χ0v) is 16.9. The molecule has 0 fully saturated rings. The van der Waals surface area contributed by atoms with Crippen LogP contribution < -0.4 is 34.3 Å². The minimum atomic E-state index is -0.350. The van der Waals surface area contributed by atoms with Crippen molar-refractivity contribution in [2.45, 2.75) is 27.3 Å². The molecule has 29 heavy (non-hydrogen) atoms. The van der Waals surface area contributed by atoms with E-state index in [-0.39, 0.29) is 12.8 Å². The summed E-state index contributed by atoms with van der Waals surface area (Å²) < 4.78 is 27.7. The fraction of sp³-hybridized carbons (Fsp3) is 0.381. The van der Waals surface area contributed by atoms with Crippen LogP contribution >= 0.6 is 0 Å². The Kier molecular flexibility index (Phi) is 6.89. The number of nitrogens with one attached hydrogen (secondary N) is 2. The quantitative estimate of drug-likeness (QED) is 0.661. The Balaban J connectivity index is 1.68. The molecule has 2 amide bonds. The van der Waals surface area contributed by atoms with E-state index in [4.69, 9.17) is 23.7 Å². The Morgan fingerprint density at radius 1 is 0.931 bits per heavy atom. The standard InChI is InChI=1S/C21H26N2O6/c1-4-25-18-10-15(11-19(26-5-2)20(18)27-6-3)23-21(24)22-12-14-7-8-16-17(9-14)29-13-28-16/h7-11H,4-6,12-13H2,1-3H3,(H2,22,23,24). The molecule has 1 aliphatic rings. The van der Waals surface area contributed by atoms with E-state index in [0.29, 0.717) is 60.8 Å². The molecule has 0 saturated heterocycles. The van der Waals surface area contributed by atoms with Crippen molar-refractivity contribution in [3.63, 3.8) is 0 Å². The molecule has 2 N–H and O–H groups in total. The molecule has 0 aliphatic carbocycles. The third-order valence-corrected chi connectivity index (χ3v) is 4.06. The van der Waals surface area contributed by atoms with E-state index in [9.17, 15) is 4.79 Å². The molecule has 0 radical (unpaired) electrons. The molecule has 0 unspecified atom stereocenters. The van der Waals surface area contributed by atoms with Crippen molar-refractivity contribution in [1.29, 1.82) is 0 Å². The van der Waals surface area contributed by atoms with Gasteiger partial charge in [0.2, 0.25) is 12.5 Å². The minimum Gasteiger partial charge on any atom is -0.490 e. The van der Waals surface area contributed by atoms with Crippen LogP contribution in [0.3, 0.4) is 0 Å². The van der Waals surface area contributed by atoms with Crippen LogP contribution in [0.15, 0.2) is 30.3 Å². The number of amides is 2. The monoisotopic (exact) mass is 402 g/mol. The second kappa shape index (κ2) is 9.77. The average Bonchev–Trinajstić information content (AvgIpc) is 3.17. The average molecular weight is 402 g/mol. The summed E-state index contributed by atoms with van der Waals surface area (Å²) in [5.74, 6) is 2.96. The molecule has 0 bridgehead atoms. The number of carbonyl (C=O) groups excluding carboxylic acids is 1. The molecular weight excluding hydrogens is 376 g/mol. The minimum absolute atomic E-state index is 0.217. The van der Waals surface area contributed by atoms with E-state index in [2.05, 4.69) is 10.6 Å². The van der Waals surface area contributed by atoms with Gasteiger partial charge in [-0.3, -0.25) is 0 Å². The Morgan fingerprint density at radius 3 is 2.24 bits per heavy atom. The number of fused-ring (bicyclic) bond motifs is 1. The van der Waals surface area contributed by atoms with Gasteiger partial charge in [0.1, 0.15) is 0 Å². The van der Waals surface area contributed by atoms with Gasteiger partial charge < -0.3 is 34.3 Å². The molecule has 2 aromatic carbocycles. The van der Waals surface area contributed by atoms with Gasteiger partial charge >= 0.3 is 6.03 Å². The lowest BCUT2D eigenvalue weighted by Crippen LogP contribution is -2.28. The van der Waals surface area contributed by atoms with Gasteiger partial charge in [0.05, 0.1) is 25.5 Å². The third-order valence-electron chi connectivity index (χ3n) is 4.06. The van der Waals surface area contributed by atoms with Crippen molar-refractivity contribution in [2.75, 3.05) is 31.9 Å². The zero-order valence-electron chi connectivity index (χ0n) is 16.9. The van der Waals surface area contributed by atoms with Gasteiger partial charge in [0.15, 0.2) is 23.0 Å². The second-order valence-electron chi connectivity index (χ2n) is 6.10. The number of hydrogen-bond acceptors (Lipinski definition) is 6. The maximum atomic E-state index is 12.4. The topological polar surface area (TPSA) is 87.3 Å². The van der Waals surface area contributed by atoms with Crippen molar-refractivity contribution in [3.8, 4) is 28.7 Å². The Hall–Kier alpha value is -3.29. The Morgan fingerprint density at radius 2 is 1.59 bits per heavy atom. The Labute approximate surface area is 170 Å². The highest BCUT2D eigenvalue weighted by Gasteiger charge is 2.17. The van der Waals surface area contributed by atoms with E-state index >= 15 is 0 Å². The first kappa shape index (κ1) is 20.4. The summed E-state index contributed by atoms with van der Waals surface area (Å²) in [5, 5.41) is 5.63. The maximum Gasteiger partial charge on any atom is 0.319 e. The highest BCUT2D eigenvalue weighted by atomic mass is 16.7. The number of hydrogen-bond donors (Lipinski definition) is 2. The lowest BCUT2D eigenvalue weighted by molar-refractivity contribution is 0.174. The summed E-state index contributed by atoms with van der Waals surface area (Å²) in [5.41, 5.74) is 1.45. The number of carbonyl (C=O) groups is 1. The lowest BCUT2D eigenvalue weighted by atomic mass is 10.2. The van der Waals surface area contributed by atoms with Crippen LogP contribution in [0.4, 0.5) is 10.5 Å². The summed E-state index contributed by atoms with van der Waals surface area (Å²) in [6, 6.07) is 8.64. The number of benzene rings is 2. The van der Waals surface area contributed by atoms with Gasteiger partial charge in [-0.1, -0.05) is 6.07 Å². The third kappa shape index (κ3) is 5.16. The van der Waals surface area contributed by atoms with E-state index in [1.807, 2.05) is 39.0 Å². The normalized spacial score (nSPS) is 11.7. The van der Waals surface area contributed by atoms with Gasteiger partial charge in [-0.25, -0.2) is 4.79 Å². The van der Waals surface area contributed by atoms with Crippen LogP contribution in [0.5, 0.6) is 28.7 Å². The Bertz CT molecular complexity index is 828. The number of ether oxygens (including phenoxy) is 5. The first-order chi connectivity index (χ1) is 14.1. The molecule has 0 aromatic heterocycles. The van der Waals surface area contributed by atoms with Gasteiger partial charge in [-0.15, -0.1) is 0 Å². The van der Waals surface area contributed by atoms with E-state index in [0.717, 1.165) is 5.56 Å². The van der Waals surface area contributed by atoms with Gasteiger partial charge in [0, 0.05) is 18.7 Å². The summed E-state index contributed by atoms with van der Waals surface area (Å²) in [4.78, 5) is 12.4. The van der Waals surface area contributed by atoms with Gasteiger partial charge in [-0.2, -0.15) is 0 Å². The molecule has 0 atom stereocenters. The number of rotatable bonds is 9. The highest BCUT2D eigenvalue weighted by molar-refractivity contribution is 5.90. The number of urea groups is 1. The molecule has 1 heterocycles. The SMILES string of the molecule is CCOc1cc(NC(=O)NCc2ccc3c(c2)OCO3)cc(OCC)c1OCC. The fourth-order valence-electron chi connectivity index (χ4n) is 2.87. The molecule has 2 aromatic rings. The largest absolute Gasteiger partial charge is 0.490 e. The van der Waals surface area contributed by atoms with Crippen LogP contribution in [0.25, 0.3) is 0 Å². The van der Waals surface area contributed by atoms with E-state index < -0.39 is 0 Å². The lowest BCUT2D eigenvalue weighted by Gasteiger charge is -2.17. The smallest absolute Gasteiger partial charge is 0.319 e. The maximum absolute atomic E-state index is 12.4. The fourth-order valence-corrected chi connectivity index (χ4v) is 2.87. The molecular formula is C21H26N2O6. The highest BCUT2D eigenvalue weighted by Crippen LogP contribution is 2.40. The summed E-state index contributed by atoms with van der Waals surface area (Å²) >= 11 is 0. The molecule has 8 nitrogen and oxygen atoms in total. The second-order valence-corrected chi connectivity index (χ2v) is 6.10. The van der Waals surface area contributed by atoms with Crippen molar-refractivity contribution >= 4 is 11.7 Å². The van der Waals surface area contributed by atoms with E-state index in [1.54, 1.807) is 12.1 Å². The molecule has 0 saturated carbocycles. The van der Waals surface area contributed by atoms with Crippen LogP contribution in [-0.2, 0) is 6.54 Å². The summed E-state index contributed by atoms with van der Waals surface area (Å²) in [6.07, 6.45) is 0. The van der Waals surface area contributed by atoms with Crippen LogP contribution in [0, 0.1) is 0 Å². The molecule has 156 valence electrons. The zero-order chi connectivity index (χ0) is 20.6. The molecule has 1 aliphatic heterocycles. The first-order valence-corrected chi connectivity index (χ1v) is 9.64. The van der Waals surface area contributed by atoms with Gasteiger partial charge in [0.25, 0.3) is 0 Å². The van der Waals surface area contributed by atoms with Crippen LogP contribution in [-0.4, -0.2) is 32.6 Å². The molecule has 0 spiro atoms. The predicted molar refractivity (Wildman–Crippen MR) is 108 cm³/mol. The van der Waals surface area contributed by atoms with E-state index in [1.165, 1.54) is 0 Å². The molecule has 8 heteroatoms. The predicted octanol–water partition coefficient (Wildman–Crippen LogP) is 3.93. The van der Waals surface area contributed by atoms with Crippen molar-refractivity contribution in [1.82, 2.24) is 5.32 Å². The number of anilines is 1. The summed E-state index contributed by atoms with van der Waals surface area (Å²) in [6.45, 7) is 7.62. The van der Waals surface area contributed by atoms with Crippen molar-refractivity contribution in [2.24, 2.45) is 0 Å². The van der Waals surface area contributed by atoms with Crippen molar-refractivity contribution in [3.05, 3.63) is 35.9 Å².